The summed E-state index contributed by atoms with van der Waals surface area (Å²) >= 11 is 0. The zero-order valence-corrected chi connectivity index (χ0v) is 10.5. The number of amides is 1. The molecule has 0 aromatic rings. The van der Waals surface area contributed by atoms with Crippen LogP contribution in [0.5, 0.6) is 0 Å². The maximum absolute atomic E-state index is 11.2. The van der Waals surface area contributed by atoms with E-state index in [-0.39, 0.29) is 12.5 Å². The molecule has 19 heavy (non-hydrogen) atoms. The number of hydrogen-bond donors (Lipinski definition) is 1. The fourth-order valence-corrected chi connectivity index (χ4v) is 2.31. The number of esters is 1. The lowest BCUT2D eigenvalue weighted by Gasteiger charge is -2.38. The van der Waals surface area contributed by atoms with Gasteiger partial charge in [0.05, 0.1) is 12.7 Å². The normalized spacial score (nSPS) is 36.2. The van der Waals surface area contributed by atoms with E-state index >= 15 is 0 Å². The topological polar surface area (TPSA) is 123 Å². The van der Waals surface area contributed by atoms with Gasteiger partial charge in [-0.2, -0.15) is 0 Å². The van der Waals surface area contributed by atoms with Gasteiger partial charge in [0.15, 0.2) is 6.29 Å². The van der Waals surface area contributed by atoms with Gasteiger partial charge in [-0.25, -0.2) is 0 Å². The van der Waals surface area contributed by atoms with E-state index in [1.807, 2.05) is 0 Å². The monoisotopic (exact) mass is 270 g/mol. The molecule has 0 spiro atoms. The van der Waals surface area contributed by atoms with Crippen molar-refractivity contribution in [3.05, 3.63) is 10.4 Å². The average molecular weight is 270 g/mol. The van der Waals surface area contributed by atoms with Crippen LogP contribution in [-0.4, -0.2) is 49.1 Å². The number of ether oxygens (including phenoxy) is 3. The Morgan fingerprint density at radius 3 is 2.79 bits per heavy atom. The van der Waals surface area contributed by atoms with Crippen LogP contribution in [-0.2, 0) is 23.8 Å². The fourth-order valence-electron chi connectivity index (χ4n) is 2.31. The third kappa shape index (κ3) is 2.78. The molecular weight excluding hydrogens is 256 g/mol. The molecule has 9 nitrogen and oxygen atoms in total. The van der Waals surface area contributed by atoms with Crippen LogP contribution in [0.25, 0.3) is 10.4 Å². The first-order valence-electron chi connectivity index (χ1n) is 5.78. The molecule has 0 aliphatic carbocycles. The highest BCUT2D eigenvalue weighted by Crippen LogP contribution is 2.32. The van der Waals surface area contributed by atoms with E-state index in [9.17, 15) is 9.59 Å². The highest BCUT2D eigenvalue weighted by molar-refractivity contribution is 5.73. The summed E-state index contributed by atoms with van der Waals surface area (Å²) < 4.78 is 16.0. The van der Waals surface area contributed by atoms with Gasteiger partial charge in [-0.3, -0.25) is 9.59 Å². The molecule has 2 aliphatic heterocycles. The van der Waals surface area contributed by atoms with E-state index in [1.165, 1.54) is 13.8 Å². The van der Waals surface area contributed by atoms with Crippen LogP contribution in [0.15, 0.2) is 5.11 Å². The van der Waals surface area contributed by atoms with Gasteiger partial charge < -0.3 is 19.5 Å². The zero-order chi connectivity index (χ0) is 14.0. The van der Waals surface area contributed by atoms with Crippen molar-refractivity contribution in [2.24, 2.45) is 5.11 Å². The lowest BCUT2D eigenvalue weighted by molar-refractivity contribution is -0.178. The number of fused-ring (bicyclic) bond motifs is 2. The first-order chi connectivity index (χ1) is 9.02. The highest BCUT2D eigenvalue weighted by Gasteiger charge is 2.52. The second-order valence-electron chi connectivity index (χ2n) is 4.37. The number of carbonyl (C=O) groups excluding carboxylic acids is 2. The molecule has 9 heteroatoms. The number of nitrogens with zero attached hydrogens (tertiary/aromatic N) is 3. The summed E-state index contributed by atoms with van der Waals surface area (Å²) in [6.07, 6.45) is -1.98. The fraction of sp³-hybridized carbons (Fsp3) is 0.800. The lowest BCUT2D eigenvalue weighted by Crippen LogP contribution is -2.61. The van der Waals surface area contributed by atoms with Gasteiger partial charge in [0.2, 0.25) is 5.91 Å². The second kappa shape index (κ2) is 5.43. The Bertz CT molecular complexity index is 436. The third-order valence-corrected chi connectivity index (χ3v) is 2.96. The molecule has 2 aliphatic rings. The molecule has 2 bridgehead atoms. The summed E-state index contributed by atoms with van der Waals surface area (Å²) in [6.45, 7) is 2.80. The Labute approximate surface area is 108 Å². The quantitative estimate of drug-likeness (QED) is 0.331. The molecular formula is C10H14N4O5. The van der Waals surface area contributed by atoms with Crippen molar-refractivity contribution in [1.29, 1.82) is 0 Å². The Morgan fingerprint density at radius 1 is 1.47 bits per heavy atom. The Kier molecular flexibility index (Phi) is 3.89. The van der Waals surface area contributed by atoms with Crippen LogP contribution in [0.3, 0.4) is 0 Å². The van der Waals surface area contributed by atoms with Crippen LogP contribution in [0.4, 0.5) is 0 Å². The van der Waals surface area contributed by atoms with E-state index < -0.39 is 36.6 Å². The van der Waals surface area contributed by atoms with Crippen molar-refractivity contribution >= 4 is 11.9 Å². The van der Waals surface area contributed by atoms with Crippen LogP contribution in [0.1, 0.15) is 13.8 Å². The first kappa shape index (κ1) is 13.6. The number of hydrogen-bond acceptors (Lipinski definition) is 6. The van der Waals surface area contributed by atoms with Crippen LogP contribution >= 0.6 is 0 Å². The summed E-state index contributed by atoms with van der Waals surface area (Å²) in [7, 11) is 0. The molecule has 0 radical (unpaired) electrons. The average Bonchev–Trinajstić information content (AvgIpc) is 2.74. The van der Waals surface area contributed by atoms with E-state index in [4.69, 9.17) is 19.7 Å². The molecule has 5 atom stereocenters. The summed E-state index contributed by atoms with van der Waals surface area (Å²) in [5.41, 5.74) is 8.60. The summed E-state index contributed by atoms with van der Waals surface area (Å²) in [6, 6.07) is -1.43. The summed E-state index contributed by atoms with van der Waals surface area (Å²) in [5.74, 6) is -0.848. The van der Waals surface area contributed by atoms with Crippen LogP contribution in [0.2, 0.25) is 0 Å². The van der Waals surface area contributed by atoms with Gasteiger partial charge in [-0.15, -0.1) is 0 Å². The molecule has 2 rings (SSSR count). The molecule has 0 aromatic heterocycles. The maximum Gasteiger partial charge on any atom is 0.302 e. The highest BCUT2D eigenvalue weighted by atomic mass is 16.7. The van der Waals surface area contributed by atoms with Crippen LogP contribution < -0.4 is 5.32 Å². The Hall–Kier alpha value is -1.83. The van der Waals surface area contributed by atoms with Gasteiger partial charge in [-0.05, 0) is 5.53 Å². The molecule has 1 amide bonds. The molecule has 0 saturated carbocycles. The van der Waals surface area contributed by atoms with Crippen LogP contribution in [0, 0.1) is 0 Å². The third-order valence-electron chi connectivity index (χ3n) is 2.96. The van der Waals surface area contributed by atoms with Gasteiger partial charge in [0.25, 0.3) is 0 Å². The van der Waals surface area contributed by atoms with E-state index in [2.05, 4.69) is 15.3 Å². The minimum atomic E-state index is -0.802. The molecule has 2 saturated heterocycles. The molecule has 104 valence electrons. The smallest absolute Gasteiger partial charge is 0.302 e. The minimum absolute atomic E-state index is 0.224. The van der Waals surface area contributed by atoms with Crippen molar-refractivity contribution in [3.63, 3.8) is 0 Å². The van der Waals surface area contributed by atoms with Gasteiger partial charge in [0.1, 0.15) is 18.2 Å². The molecule has 4 unspecified atom stereocenters. The molecule has 1 N–H and O–H groups in total. The second-order valence-corrected chi connectivity index (χ2v) is 4.37. The standard InChI is InChI=1S/C10H14N4O5/c1-4(15)12-8-9(18-5(2)16)7(13-14-11)6-3-17-10(8)19-6/h6-10H,3H2,1-2H3,(H,12,15)/t6?,7?,8?,9?,10-/m1/s1. The van der Waals surface area contributed by atoms with Gasteiger partial charge in [0, 0.05) is 18.8 Å². The number of nitrogens with one attached hydrogen (secondary N) is 1. The van der Waals surface area contributed by atoms with Gasteiger partial charge >= 0.3 is 5.97 Å². The molecule has 2 heterocycles. The SMILES string of the molecule is CC(=O)NC1C(OC(C)=O)C(N=[N+]=[N-])C2CO[C@@H]1O2. The maximum atomic E-state index is 11.2. The van der Waals surface area contributed by atoms with E-state index in [0.717, 1.165) is 0 Å². The molecule has 0 aromatic carbocycles. The largest absolute Gasteiger partial charge is 0.460 e. The number of carbonyl (C=O) groups is 2. The van der Waals surface area contributed by atoms with Crippen molar-refractivity contribution in [2.75, 3.05) is 6.61 Å². The summed E-state index contributed by atoms with van der Waals surface area (Å²) in [4.78, 5) is 25.1. The van der Waals surface area contributed by atoms with Crippen molar-refractivity contribution in [1.82, 2.24) is 5.32 Å². The summed E-state index contributed by atoms with van der Waals surface area (Å²) in [5, 5.41) is 6.21. The first-order valence-corrected chi connectivity index (χ1v) is 5.78. The Morgan fingerprint density at radius 2 is 2.21 bits per heavy atom. The number of azide groups is 1. The van der Waals surface area contributed by atoms with E-state index in [1.54, 1.807) is 0 Å². The van der Waals surface area contributed by atoms with Crippen molar-refractivity contribution < 1.29 is 23.8 Å². The Balaban J connectivity index is 2.28. The lowest BCUT2D eigenvalue weighted by atomic mass is 9.96. The minimum Gasteiger partial charge on any atom is -0.460 e. The predicted molar refractivity (Wildman–Crippen MR) is 60.7 cm³/mol. The zero-order valence-electron chi connectivity index (χ0n) is 10.5. The van der Waals surface area contributed by atoms with Crippen molar-refractivity contribution in [2.45, 2.75) is 44.4 Å². The van der Waals surface area contributed by atoms with Gasteiger partial charge in [-0.1, -0.05) is 5.11 Å². The predicted octanol–water partition coefficient (Wildman–Crippen LogP) is -0.143. The van der Waals surface area contributed by atoms with Crippen molar-refractivity contribution in [3.8, 4) is 0 Å². The molecule has 2 fully saturated rings. The number of rotatable bonds is 3. The van der Waals surface area contributed by atoms with E-state index in [0.29, 0.717) is 0 Å².